The van der Waals surface area contributed by atoms with Gasteiger partial charge in [-0.05, 0) is 38.1 Å². The highest BCUT2D eigenvalue weighted by atomic mass is 19.1. The molecular weight excluding hydrogens is 357 g/mol. The molecule has 0 radical (unpaired) electrons. The number of nitrogens with one attached hydrogen (secondary N) is 1. The quantitative estimate of drug-likeness (QED) is 0.532. The van der Waals surface area contributed by atoms with Gasteiger partial charge < -0.3 is 14.6 Å². The lowest BCUT2D eigenvalue weighted by molar-refractivity contribution is 0.415. The van der Waals surface area contributed by atoms with E-state index in [0.717, 1.165) is 22.2 Å². The molecule has 0 fully saturated rings. The monoisotopic (exact) mass is 377 g/mol. The number of anilines is 2. The van der Waals surface area contributed by atoms with Crippen LogP contribution < -0.4 is 10.1 Å². The number of benzene rings is 1. The van der Waals surface area contributed by atoms with E-state index in [1.165, 1.54) is 19.2 Å². The first-order valence-corrected chi connectivity index (χ1v) is 8.95. The first kappa shape index (κ1) is 17.9. The van der Waals surface area contributed by atoms with Crippen LogP contribution in [0.4, 0.5) is 16.0 Å². The molecule has 1 aromatic carbocycles. The molecule has 3 aromatic heterocycles. The maximum atomic E-state index is 13.6. The van der Waals surface area contributed by atoms with Gasteiger partial charge in [0.1, 0.15) is 11.6 Å². The zero-order chi connectivity index (χ0) is 19.7. The zero-order valence-corrected chi connectivity index (χ0v) is 15.8. The summed E-state index contributed by atoms with van der Waals surface area (Å²) in [5.41, 5.74) is 3.27. The number of fused-ring (bicyclic) bond motifs is 1. The minimum absolute atomic E-state index is 0.288. The number of hydrogen-bond acceptors (Lipinski definition) is 5. The van der Waals surface area contributed by atoms with Gasteiger partial charge in [-0.3, -0.25) is 4.98 Å². The summed E-state index contributed by atoms with van der Waals surface area (Å²) in [5, 5.41) is 4.11. The normalized spacial score (nSPS) is 11.2. The number of nitrogens with zero attached hydrogens (tertiary/aromatic N) is 4. The summed E-state index contributed by atoms with van der Waals surface area (Å²) in [6.07, 6.45) is 7.38. The molecule has 0 aliphatic heterocycles. The van der Waals surface area contributed by atoms with Crippen LogP contribution in [-0.2, 0) is 0 Å². The van der Waals surface area contributed by atoms with E-state index in [4.69, 9.17) is 4.74 Å². The maximum absolute atomic E-state index is 13.6. The summed E-state index contributed by atoms with van der Waals surface area (Å²) in [7, 11) is 1.53. The molecule has 3 heterocycles. The molecule has 28 heavy (non-hydrogen) atoms. The van der Waals surface area contributed by atoms with Crippen LogP contribution in [0.1, 0.15) is 19.9 Å². The van der Waals surface area contributed by atoms with E-state index in [0.29, 0.717) is 17.4 Å². The predicted molar refractivity (Wildman–Crippen MR) is 107 cm³/mol. The lowest BCUT2D eigenvalue weighted by Crippen LogP contribution is -2.00. The van der Waals surface area contributed by atoms with Crippen LogP contribution >= 0.6 is 0 Å². The van der Waals surface area contributed by atoms with Crippen LogP contribution in [0, 0.1) is 5.82 Å². The Labute approximate surface area is 162 Å². The lowest BCUT2D eigenvalue weighted by Gasteiger charge is -2.10. The molecule has 0 atom stereocenters. The van der Waals surface area contributed by atoms with E-state index in [1.807, 2.05) is 18.3 Å². The molecule has 0 bridgehead atoms. The average Bonchev–Trinajstić information content (AvgIpc) is 3.08. The molecule has 0 aliphatic carbocycles. The van der Waals surface area contributed by atoms with Crippen molar-refractivity contribution in [3.05, 3.63) is 60.9 Å². The first-order chi connectivity index (χ1) is 13.6. The van der Waals surface area contributed by atoms with Gasteiger partial charge in [-0.25, -0.2) is 14.4 Å². The van der Waals surface area contributed by atoms with Crippen LogP contribution in [0.5, 0.6) is 5.75 Å². The highest BCUT2D eigenvalue weighted by Crippen LogP contribution is 2.32. The van der Waals surface area contributed by atoms with Crippen LogP contribution in [0.2, 0.25) is 0 Å². The van der Waals surface area contributed by atoms with Gasteiger partial charge in [0.25, 0.3) is 0 Å². The van der Waals surface area contributed by atoms with E-state index in [-0.39, 0.29) is 11.9 Å². The lowest BCUT2D eigenvalue weighted by atomic mass is 10.1. The summed E-state index contributed by atoms with van der Waals surface area (Å²) in [5.74, 6) is 0.505. The first-order valence-electron chi connectivity index (χ1n) is 8.95. The molecule has 0 amide bonds. The second kappa shape index (κ2) is 7.26. The van der Waals surface area contributed by atoms with E-state index in [1.54, 1.807) is 18.5 Å². The van der Waals surface area contributed by atoms with Crippen LogP contribution in [-0.4, -0.2) is 26.6 Å². The smallest absolute Gasteiger partial charge is 0.227 e. The Morgan fingerprint density at radius 1 is 1.14 bits per heavy atom. The Hall–Kier alpha value is -3.48. The number of hydrogen-bond donors (Lipinski definition) is 1. The molecule has 4 rings (SSSR count). The number of ether oxygens (including phenoxy) is 1. The third kappa shape index (κ3) is 3.26. The Balaban J connectivity index is 1.76. The van der Waals surface area contributed by atoms with Crippen molar-refractivity contribution in [2.24, 2.45) is 0 Å². The minimum Gasteiger partial charge on any atom is -0.495 e. The van der Waals surface area contributed by atoms with Crippen molar-refractivity contribution in [1.82, 2.24) is 19.5 Å². The highest BCUT2D eigenvalue weighted by molar-refractivity contribution is 5.94. The third-order valence-electron chi connectivity index (χ3n) is 4.53. The largest absolute Gasteiger partial charge is 0.495 e. The number of rotatable bonds is 5. The van der Waals surface area contributed by atoms with Gasteiger partial charge in [0.15, 0.2) is 0 Å². The van der Waals surface area contributed by atoms with Crippen molar-refractivity contribution in [3.63, 3.8) is 0 Å². The molecule has 0 unspecified atom stereocenters. The van der Waals surface area contributed by atoms with Gasteiger partial charge in [-0.15, -0.1) is 0 Å². The summed E-state index contributed by atoms with van der Waals surface area (Å²) >= 11 is 0. The molecule has 7 heteroatoms. The van der Waals surface area contributed by atoms with Gasteiger partial charge in [0.2, 0.25) is 5.95 Å². The summed E-state index contributed by atoms with van der Waals surface area (Å²) in [6, 6.07) is 8.38. The fourth-order valence-electron chi connectivity index (χ4n) is 3.20. The molecule has 1 N–H and O–H groups in total. The molecule has 0 saturated heterocycles. The SMILES string of the molecule is COc1ccc(F)cc1Nc1nccc(-c2cn(C(C)C)c3cnccc23)n1. The summed E-state index contributed by atoms with van der Waals surface area (Å²) in [4.78, 5) is 13.1. The third-order valence-corrected chi connectivity index (χ3v) is 4.53. The van der Waals surface area contributed by atoms with Gasteiger partial charge in [-0.2, -0.15) is 0 Å². The van der Waals surface area contributed by atoms with E-state index < -0.39 is 0 Å². The van der Waals surface area contributed by atoms with E-state index >= 15 is 0 Å². The van der Waals surface area contributed by atoms with Crippen LogP contribution in [0.3, 0.4) is 0 Å². The van der Waals surface area contributed by atoms with Crippen molar-refractivity contribution >= 4 is 22.5 Å². The number of methoxy groups -OCH3 is 1. The minimum atomic E-state index is -0.369. The van der Waals surface area contributed by atoms with Crippen molar-refractivity contribution in [2.45, 2.75) is 19.9 Å². The highest BCUT2D eigenvalue weighted by Gasteiger charge is 2.14. The summed E-state index contributed by atoms with van der Waals surface area (Å²) in [6.45, 7) is 4.25. The number of halogens is 1. The number of aromatic nitrogens is 4. The second-order valence-electron chi connectivity index (χ2n) is 6.67. The predicted octanol–water partition coefficient (Wildman–Crippen LogP) is 4.97. The maximum Gasteiger partial charge on any atom is 0.227 e. The Bertz CT molecular complexity index is 1140. The summed E-state index contributed by atoms with van der Waals surface area (Å²) < 4.78 is 21.1. The topological polar surface area (TPSA) is 64.9 Å². The van der Waals surface area contributed by atoms with Crippen LogP contribution in [0.15, 0.2) is 55.1 Å². The van der Waals surface area contributed by atoms with Gasteiger partial charge in [0.05, 0.1) is 30.2 Å². The molecule has 6 nitrogen and oxygen atoms in total. The van der Waals surface area contributed by atoms with Gasteiger partial charge in [-0.1, -0.05) is 0 Å². The van der Waals surface area contributed by atoms with Crippen molar-refractivity contribution in [2.75, 3.05) is 12.4 Å². The molecule has 4 aromatic rings. The fourth-order valence-corrected chi connectivity index (χ4v) is 3.20. The number of pyridine rings is 1. The van der Waals surface area contributed by atoms with Crippen molar-refractivity contribution in [3.8, 4) is 17.0 Å². The molecular formula is C21H20FN5O. The molecule has 0 aliphatic rings. The van der Waals surface area contributed by atoms with Crippen molar-refractivity contribution in [1.29, 1.82) is 0 Å². The van der Waals surface area contributed by atoms with Gasteiger partial charge in [0, 0.05) is 41.6 Å². The van der Waals surface area contributed by atoms with E-state index in [2.05, 4.69) is 44.9 Å². The second-order valence-corrected chi connectivity index (χ2v) is 6.67. The van der Waals surface area contributed by atoms with Crippen LogP contribution in [0.25, 0.3) is 22.2 Å². The Morgan fingerprint density at radius 2 is 2.00 bits per heavy atom. The molecule has 0 spiro atoms. The average molecular weight is 377 g/mol. The van der Waals surface area contributed by atoms with E-state index in [9.17, 15) is 4.39 Å². The Morgan fingerprint density at radius 3 is 2.79 bits per heavy atom. The zero-order valence-electron chi connectivity index (χ0n) is 15.8. The fraction of sp³-hybridized carbons (Fsp3) is 0.190. The standard InChI is InChI=1S/C21H20FN5O/c1-13(2)27-12-16(15-6-8-23-11-19(15)27)17-7-9-24-21(25-17)26-18-10-14(22)4-5-20(18)28-3/h4-13H,1-3H3,(H,24,25,26). The van der Waals surface area contributed by atoms with Gasteiger partial charge >= 0.3 is 0 Å². The van der Waals surface area contributed by atoms with Crippen molar-refractivity contribution < 1.29 is 9.13 Å². The molecule has 0 saturated carbocycles. The molecule has 142 valence electrons. The Kier molecular flexibility index (Phi) is 4.65.